The molecule has 5 nitrogen and oxygen atoms in total. The Kier molecular flexibility index (Phi) is 7.98. The van der Waals surface area contributed by atoms with E-state index in [1.165, 1.54) is 35.2 Å². The molecule has 31 heavy (non-hydrogen) atoms. The number of nitrogens with zero attached hydrogens (tertiary/aromatic N) is 1. The van der Waals surface area contributed by atoms with Gasteiger partial charge in [-0.25, -0.2) is 9.18 Å². The highest BCUT2D eigenvalue weighted by atomic mass is 32.2. The summed E-state index contributed by atoms with van der Waals surface area (Å²) in [5.74, 6) is -1.28. The second-order valence-corrected chi connectivity index (χ2v) is 8.12. The Labute approximate surface area is 187 Å². The molecule has 0 saturated heterocycles. The lowest BCUT2D eigenvalue weighted by molar-refractivity contribution is -0.141. The summed E-state index contributed by atoms with van der Waals surface area (Å²) in [5, 5.41) is 13.3. The predicted molar refractivity (Wildman–Crippen MR) is 121 cm³/mol. The number of carbonyl (C=O) groups is 2. The number of esters is 1. The van der Waals surface area contributed by atoms with Crippen molar-refractivity contribution in [1.82, 2.24) is 0 Å². The topological polar surface area (TPSA) is 79.2 Å². The van der Waals surface area contributed by atoms with Crippen LogP contribution in [0.2, 0.25) is 0 Å². The molecular weight excluding hydrogens is 435 g/mol. The third-order valence-corrected chi connectivity index (χ3v) is 5.82. The van der Waals surface area contributed by atoms with E-state index in [0.717, 1.165) is 4.90 Å². The molecule has 1 amide bonds. The molecule has 0 aliphatic rings. The number of thiophene rings is 1. The van der Waals surface area contributed by atoms with E-state index in [1.54, 1.807) is 48.5 Å². The van der Waals surface area contributed by atoms with Gasteiger partial charge >= 0.3 is 5.97 Å². The van der Waals surface area contributed by atoms with Crippen LogP contribution in [0.15, 0.2) is 70.9 Å². The Hall–Kier alpha value is -3.41. The van der Waals surface area contributed by atoms with Crippen molar-refractivity contribution in [3.8, 4) is 6.07 Å². The lowest BCUT2D eigenvalue weighted by atomic mass is 10.1. The Morgan fingerprint density at radius 2 is 1.90 bits per heavy atom. The molecule has 8 heteroatoms. The smallest absolute Gasteiger partial charge is 0.340 e. The highest BCUT2D eigenvalue weighted by Crippen LogP contribution is 2.27. The van der Waals surface area contributed by atoms with E-state index in [4.69, 9.17) is 10.00 Å². The Bertz CT molecular complexity index is 1120. The van der Waals surface area contributed by atoms with Gasteiger partial charge < -0.3 is 10.1 Å². The van der Waals surface area contributed by atoms with Gasteiger partial charge in [-0.15, -0.1) is 23.1 Å². The van der Waals surface area contributed by atoms with Gasteiger partial charge in [0.15, 0.2) is 6.61 Å². The number of anilines is 1. The van der Waals surface area contributed by atoms with Gasteiger partial charge in [-0.2, -0.15) is 5.26 Å². The number of amides is 1. The van der Waals surface area contributed by atoms with Crippen molar-refractivity contribution >= 4 is 52.3 Å². The number of ether oxygens (including phenoxy) is 1. The molecule has 156 valence electrons. The number of benzene rings is 2. The van der Waals surface area contributed by atoms with Crippen LogP contribution in [0, 0.1) is 17.1 Å². The van der Waals surface area contributed by atoms with Crippen molar-refractivity contribution in [1.29, 1.82) is 5.26 Å². The predicted octanol–water partition coefficient (Wildman–Crippen LogP) is 5.23. The van der Waals surface area contributed by atoms with E-state index in [0.29, 0.717) is 16.1 Å². The molecule has 0 unspecified atom stereocenters. The number of nitriles is 1. The molecule has 0 fully saturated rings. The second kappa shape index (κ2) is 11.1. The fourth-order valence-corrected chi connectivity index (χ4v) is 3.99. The quantitative estimate of drug-likeness (QED) is 0.288. The first-order chi connectivity index (χ1) is 15.1. The summed E-state index contributed by atoms with van der Waals surface area (Å²) in [6.45, 7) is -0.470. The maximum atomic E-state index is 13.2. The summed E-state index contributed by atoms with van der Waals surface area (Å²) in [7, 11) is 0. The van der Waals surface area contributed by atoms with Crippen LogP contribution in [-0.4, -0.2) is 24.2 Å². The van der Waals surface area contributed by atoms with Crippen molar-refractivity contribution in [3.63, 3.8) is 0 Å². The Morgan fingerprint density at radius 1 is 1.13 bits per heavy atom. The molecule has 0 aliphatic heterocycles. The van der Waals surface area contributed by atoms with Gasteiger partial charge in [0, 0.05) is 9.77 Å². The lowest BCUT2D eigenvalue weighted by Gasteiger charge is -2.11. The third-order valence-electron chi connectivity index (χ3n) is 3.98. The van der Waals surface area contributed by atoms with E-state index < -0.39 is 18.5 Å². The van der Waals surface area contributed by atoms with Crippen molar-refractivity contribution < 1.29 is 18.7 Å². The monoisotopic (exact) mass is 452 g/mol. The molecule has 0 atom stereocenters. The van der Waals surface area contributed by atoms with Crippen LogP contribution in [-0.2, 0) is 14.3 Å². The van der Waals surface area contributed by atoms with Gasteiger partial charge in [-0.05, 0) is 47.4 Å². The molecule has 0 saturated carbocycles. The molecule has 0 aliphatic carbocycles. The van der Waals surface area contributed by atoms with Crippen LogP contribution in [0.25, 0.3) is 11.6 Å². The summed E-state index contributed by atoms with van der Waals surface area (Å²) >= 11 is 2.66. The molecule has 1 aromatic heterocycles. The summed E-state index contributed by atoms with van der Waals surface area (Å²) in [6.07, 6.45) is 1.60. The number of rotatable bonds is 8. The minimum Gasteiger partial charge on any atom is -0.452 e. The largest absolute Gasteiger partial charge is 0.452 e. The molecule has 1 heterocycles. The molecule has 1 N–H and O–H groups in total. The molecule has 3 rings (SSSR count). The number of nitrogens with one attached hydrogen (secondary N) is 1. The third kappa shape index (κ3) is 6.54. The number of halogens is 1. The highest BCUT2D eigenvalue weighted by molar-refractivity contribution is 7.99. The normalized spacial score (nSPS) is 10.9. The first-order valence-corrected chi connectivity index (χ1v) is 11.0. The zero-order valence-electron chi connectivity index (χ0n) is 16.2. The van der Waals surface area contributed by atoms with Crippen LogP contribution in [0.5, 0.6) is 0 Å². The van der Waals surface area contributed by atoms with Crippen LogP contribution < -0.4 is 5.32 Å². The molecule has 2 aromatic carbocycles. The minimum absolute atomic E-state index is 0.250. The first-order valence-electron chi connectivity index (χ1n) is 9.13. The fourth-order valence-electron chi connectivity index (χ4n) is 2.59. The van der Waals surface area contributed by atoms with Crippen LogP contribution in [0.4, 0.5) is 10.1 Å². The number of para-hydroxylation sites is 1. The molecular formula is C23H17FN2O3S2. The lowest BCUT2D eigenvalue weighted by Crippen LogP contribution is -2.21. The van der Waals surface area contributed by atoms with E-state index in [1.807, 2.05) is 17.5 Å². The van der Waals surface area contributed by atoms with Crippen molar-refractivity contribution in [2.45, 2.75) is 4.90 Å². The average molecular weight is 453 g/mol. The number of carbonyl (C=O) groups excluding carboxylic acids is 2. The highest BCUT2D eigenvalue weighted by Gasteiger charge is 2.17. The first kappa shape index (κ1) is 22.3. The molecule has 0 bridgehead atoms. The Balaban J connectivity index is 1.68. The summed E-state index contributed by atoms with van der Waals surface area (Å²) in [6, 6.07) is 18.4. The van der Waals surface area contributed by atoms with E-state index in [9.17, 15) is 14.0 Å². The zero-order chi connectivity index (χ0) is 22.1. The Morgan fingerprint density at radius 3 is 2.61 bits per heavy atom. The molecule has 3 aromatic rings. The molecule has 0 radical (unpaired) electrons. The standard InChI is InChI=1S/C23H17FN2O3S2/c24-17-9-7-16(8-10-17)14-18(20-6-3-12-30-20)23(28)29-15-22(27)26-19-4-1-2-5-21(19)31-13-11-25/h1-10,12,14H,13,15H2,(H,26,27)/b18-14+. The van der Waals surface area contributed by atoms with Gasteiger partial charge in [0.2, 0.25) is 0 Å². The van der Waals surface area contributed by atoms with Crippen LogP contribution >= 0.6 is 23.1 Å². The molecule has 0 spiro atoms. The van der Waals surface area contributed by atoms with Crippen molar-refractivity contribution in [3.05, 3.63) is 82.3 Å². The zero-order valence-corrected chi connectivity index (χ0v) is 17.8. The van der Waals surface area contributed by atoms with Gasteiger partial charge in [-0.3, -0.25) is 4.79 Å². The maximum Gasteiger partial charge on any atom is 0.340 e. The number of hydrogen-bond donors (Lipinski definition) is 1. The minimum atomic E-state index is -0.658. The van der Waals surface area contributed by atoms with Gasteiger partial charge in [0.1, 0.15) is 5.82 Å². The summed E-state index contributed by atoms with van der Waals surface area (Å²) < 4.78 is 18.4. The van der Waals surface area contributed by atoms with Crippen LogP contribution in [0.1, 0.15) is 10.4 Å². The SMILES string of the molecule is N#CCSc1ccccc1NC(=O)COC(=O)/C(=C/c1ccc(F)cc1)c1cccs1. The number of thioether (sulfide) groups is 1. The van der Waals surface area contributed by atoms with Crippen molar-refractivity contribution in [2.75, 3.05) is 17.7 Å². The maximum absolute atomic E-state index is 13.2. The van der Waals surface area contributed by atoms with Crippen LogP contribution in [0.3, 0.4) is 0 Å². The van der Waals surface area contributed by atoms with E-state index in [2.05, 4.69) is 5.32 Å². The van der Waals surface area contributed by atoms with E-state index >= 15 is 0 Å². The average Bonchev–Trinajstić information content (AvgIpc) is 3.31. The second-order valence-electron chi connectivity index (χ2n) is 6.15. The summed E-state index contributed by atoms with van der Waals surface area (Å²) in [4.78, 5) is 26.5. The fraction of sp³-hybridized carbons (Fsp3) is 0.0870. The van der Waals surface area contributed by atoms with Gasteiger partial charge in [0.25, 0.3) is 5.91 Å². The van der Waals surface area contributed by atoms with Gasteiger partial charge in [0.05, 0.1) is 23.1 Å². The van der Waals surface area contributed by atoms with E-state index in [-0.39, 0.29) is 17.1 Å². The number of hydrogen-bond acceptors (Lipinski definition) is 6. The summed E-state index contributed by atoms with van der Waals surface area (Å²) in [5.41, 5.74) is 1.46. The van der Waals surface area contributed by atoms with Crippen molar-refractivity contribution in [2.24, 2.45) is 0 Å². The van der Waals surface area contributed by atoms with Gasteiger partial charge in [-0.1, -0.05) is 30.3 Å².